The van der Waals surface area contributed by atoms with Crippen molar-refractivity contribution in [3.05, 3.63) is 0 Å². The first-order valence-electron chi connectivity index (χ1n) is 9.27. The molecule has 134 valence electrons. The molecule has 0 saturated heterocycles. The molecule has 0 aromatic carbocycles. The Labute approximate surface area is 140 Å². The molecule has 0 spiro atoms. The van der Waals surface area contributed by atoms with Gasteiger partial charge in [-0.05, 0) is 44.4 Å². The van der Waals surface area contributed by atoms with Crippen LogP contribution in [0.5, 0.6) is 0 Å². The zero-order valence-electron chi connectivity index (χ0n) is 14.8. The van der Waals surface area contributed by atoms with Crippen molar-refractivity contribution in [3.8, 4) is 0 Å². The first kappa shape index (κ1) is 18.5. The average molecular weight is 326 g/mol. The van der Waals surface area contributed by atoms with Crippen LogP contribution in [0.3, 0.4) is 0 Å². The molecule has 2 rings (SSSR count). The van der Waals surface area contributed by atoms with Crippen molar-refractivity contribution in [1.29, 1.82) is 0 Å². The molecule has 2 amide bonds. The normalized spacial score (nSPS) is 29.6. The Balaban J connectivity index is 1.80. The van der Waals surface area contributed by atoms with E-state index < -0.39 is 0 Å². The van der Waals surface area contributed by atoms with Crippen LogP contribution in [0.1, 0.15) is 65.2 Å². The van der Waals surface area contributed by atoms with Crippen LogP contribution in [0.25, 0.3) is 0 Å². The molecule has 2 unspecified atom stereocenters. The van der Waals surface area contributed by atoms with E-state index in [2.05, 4.69) is 17.6 Å². The van der Waals surface area contributed by atoms with E-state index in [4.69, 9.17) is 4.74 Å². The molecule has 23 heavy (non-hydrogen) atoms. The molecule has 0 heterocycles. The lowest BCUT2D eigenvalue weighted by molar-refractivity contribution is 0.102. The number of ether oxygens (including phenoxy) is 1. The van der Waals surface area contributed by atoms with Crippen molar-refractivity contribution in [3.63, 3.8) is 0 Å². The Morgan fingerprint density at radius 1 is 1.26 bits per heavy atom. The number of nitrogens with one attached hydrogen (secondary N) is 2. The molecule has 0 aliphatic heterocycles. The SMILES string of the molecule is CCOCCC1(CNC(=O)NC2CCCC2(C)CO)CCCC1. The molecule has 2 atom stereocenters. The standard InChI is InChI=1S/C18H34N2O3/c1-3-23-12-11-18(9-4-5-10-18)13-19-16(22)20-15-7-6-8-17(15,2)14-21/h15,21H,3-14H2,1-2H3,(H2,19,20,22). The lowest BCUT2D eigenvalue weighted by atomic mass is 9.83. The maximum absolute atomic E-state index is 12.3. The number of aliphatic hydroxyl groups excluding tert-OH is 1. The third kappa shape index (κ3) is 4.83. The van der Waals surface area contributed by atoms with Gasteiger partial charge in [-0.25, -0.2) is 4.79 Å². The van der Waals surface area contributed by atoms with E-state index >= 15 is 0 Å². The number of carbonyl (C=O) groups excluding carboxylic acids is 1. The van der Waals surface area contributed by atoms with Crippen LogP contribution >= 0.6 is 0 Å². The highest BCUT2D eigenvalue weighted by Gasteiger charge is 2.39. The molecule has 3 N–H and O–H groups in total. The second-order valence-corrected chi connectivity index (χ2v) is 7.74. The highest BCUT2D eigenvalue weighted by molar-refractivity contribution is 5.74. The fourth-order valence-electron chi connectivity index (χ4n) is 4.22. The van der Waals surface area contributed by atoms with E-state index in [1.807, 2.05) is 6.92 Å². The first-order chi connectivity index (χ1) is 11.0. The van der Waals surface area contributed by atoms with E-state index in [9.17, 15) is 9.90 Å². The molecule has 0 aromatic rings. The third-order valence-electron chi connectivity index (χ3n) is 6.02. The van der Waals surface area contributed by atoms with Gasteiger partial charge in [0.1, 0.15) is 0 Å². The fourth-order valence-corrected chi connectivity index (χ4v) is 4.22. The molecule has 5 heteroatoms. The van der Waals surface area contributed by atoms with Gasteiger partial charge in [-0.1, -0.05) is 26.2 Å². The number of rotatable bonds is 8. The van der Waals surface area contributed by atoms with Gasteiger partial charge in [0.2, 0.25) is 0 Å². The van der Waals surface area contributed by atoms with Crippen LogP contribution in [-0.2, 0) is 4.74 Å². The van der Waals surface area contributed by atoms with Crippen molar-refractivity contribution < 1.29 is 14.6 Å². The van der Waals surface area contributed by atoms with Gasteiger partial charge in [0, 0.05) is 31.2 Å². The number of urea groups is 1. The van der Waals surface area contributed by atoms with Gasteiger partial charge in [0.25, 0.3) is 0 Å². The second-order valence-electron chi connectivity index (χ2n) is 7.74. The molecule has 2 fully saturated rings. The maximum Gasteiger partial charge on any atom is 0.315 e. The van der Waals surface area contributed by atoms with Gasteiger partial charge in [0.05, 0.1) is 6.61 Å². The summed E-state index contributed by atoms with van der Waals surface area (Å²) in [4.78, 5) is 12.3. The van der Waals surface area contributed by atoms with E-state index in [1.165, 1.54) is 25.7 Å². The van der Waals surface area contributed by atoms with Crippen LogP contribution in [0.2, 0.25) is 0 Å². The monoisotopic (exact) mass is 326 g/mol. The van der Waals surface area contributed by atoms with Gasteiger partial charge in [-0.15, -0.1) is 0 Å². The molecule has 2 aliphatic carbocycles. The van der Waals surface area contributed by atoms with Crippen molar-refractivity contribution in [2.75, 3.05) is 26.4 Å². The first-order valence-corrected chi connectivity index (χ1v) is 9.27. The Morgan fingerprint density at radius 3 is 2.65 bits per heavy atom. The Kier molecular flexibility index (Phi) is 6.72. The third-order valence-corrected chi connectivity index (χ3v) is 6.02. The molecule has 2 aliphatic rings. The quantitative estimate of drug-likeness (QED) is 0.601. The molecular formula is C18H34N2O3. The topological polar surface area (TPSA) is 70.6 Å². The lowest BCUT2D eigenvalue weighted by Gasteiger charge is -2.32. The van der Waals surface area contributed by atoms with Crippen LogP contribution in [0.4, 0.5) is 4.79 Å². The molecule has 5 nitrogen and oxygen atoms in total. The van der Waals surface area contributed by atoms with Crippen molar-refractivity contribution in [1.82, 2.24) is 10.6 Å². The van der Waals surface area contributed by atoms with Gasteiger partial charge >= 0.3 is 6.03 Å². The minimum atomic E-state index is -0.169. The molecule has 0 aromatic heterocycles. The maximum atomic E-state index is 12.3. The number of aliphatic hydroxyl groups is 1. The minimum absolute atomic E-state index is 0.0791. The Hall–Kier alpha value is -0.810. The fraction of sp³-hybridized carbons (Fsp3) is 0.944. The van der Waals surface area contributed by atoms with E-state index in [-0.39, 0.29) is 29.5 Å². The molecule has 0 bridgehead atoms. The van der Waals surface area contributed by atoms with E-state index in [1.54, 1.807) is 0 Å². The smallest absolute Gasteiger partial charge is 0.315 e. The Morgan fingerprint density at radius 2 is 2.00 bits per heavy atom. The number of hydrogen-bond acceptors (Lipinski definition) is 3. The summed E-state index contributed by atoms with van der Waals surface area (Å²) in [7, 11) is 0. The van der Waals surface area contributed by atoms with Crippen molar-refractivity contribution in [2.45, 2.75) is 71.3 Å². The summed E-state index contributed by atoms with van der Waals surface area (Å²) >= 11 is 0. The van der Waals surface area contributed by atoms with Gasteiger partial charge in [-0.3, -0.25) is 0 Å². The summed E-state index contributed by atoms with van der Waals surface area (Å²) in [5.41, 5.74) is 0.0415. The highest BCUT2D eigenvalue weighted by Crippen LogP contribution is 2.41. The van der Waals surface area contributed by atoms with Crippen LogP contribution < -0.4 is 10.6 Å². The van der Waals surface area contributed by atoms with Crippen molar-refractivity contribution in [2.24, 2.45) is 10.8 Å². The van der Waals surface area contributed by atoms with E-state index in [0.29, 0.717) is 0 Å². The molecular weight excluding hydrogens is 292 g/mol. The summed E-state index contributed by atoms with van der Waals surface area (Å²) in [5.74, 6) is 0. The largest absolute Gasteiger partial charge is 0.396 e. The van der Waals surface area contributed by atoms with Crippen LogP contribution in [0.15, 0.2) is 0 Å². The lowest BCUT2D eigenvalue weighted by Crippen LogP contribution is -2.50. The summed E-state index contributed by atoms with van der Waals surface area (Å²) < 4.78 is 5.52. The van der Waals surface area contributed by atoms with E-state index in [0.717, 1.165) is 45.4 Å². The summed E-state index contributed by atoms with van der Waals surface area (Å²) in [5, 5.41) is 15.8. The Bertz CT molecular complexity index is 382. The zero-order valence-corrected chi connectivity index (χ0v) is 14.8. The number of carbonyl (C=O) groups is 1. The van der Waals surface area contributed by atoms with Gasteiger partial charge in [-0.2, -0.15) is 0 Å². The van der Waals surface area contributed by atoms with Crippen molar-refractivity contribution >= 4 is 6.03 Å². The summed E-state index contributed by atoms with van der Waals surface area (Å²) in [6.07, 6.45) is 8.89. The average Bonchev–Trinajstić information content (AvgIpc) is 3.15. The minimum Gasteiger partial charge on any atom is -0.396 e. The number of amides is 2. The van der Waals surface area contributed by atoms with Crippen LogP contribution in [-0.4, -0.2) is 43.5 Å². The summed E-state index contributed by atoms with van der Waals surface area (Å²) in [6, 6.07) is -0.00490. The predicted octanol–water partition coefficient (Wildman–Crippen LogP) is 2.82. The van der Waals surface area contributed by atoms with Crippen LogP contribution in [0, 0.1) is 10.8 Å². The predicted molar refractivity (Wildman–Crippen MR) is 91.4 cm³/mol. The summed E-state index contributed by atoms with van der Waals surface area (Å²) in [6.45, 7) is 6.49. The molecule has 0 radical (unpaired) electrons. The highest BCUT2D eigenvalue weighted by atomic mass is 16.5. The zero-order chi connectivity index (χ0) is 16.8. The second kappa shape index (κ2) is 8.34. The van der Waals surface area contributed by atoms with Gasteiger partial charge < -0.3 is 20.5 Å². The number of hydrogen-bond donors (Lipinski definition) is 3. The molecule has 2 saturated carbocycles. The van der Waals surface area contributed by atoms with Gasteiger partial charge in [0.15, 0.2) is 0 Å².